The molecule has 0 radical (unpaired) electrons. The molecule has 146 valence electrons. The van der Waals surface area contributed by atoms with Gasteiger partial charge in [-0.05, 0) is 13.3 Å². The number of nitrogens with one attached hydrogen (secondary N) is 2. The van der Waals surface area contributed by atoms with Crippen LogP contribution in [0, 0.1) is 0 Å². The highest BCUT2D eigenvalue weighted by Crippen LogP contribution is 2.25. The second-order valence-corrected chi connectivity index (χ2v) is 7.55. The molecule has 1 aromatic heterocycles. The van der Waals surface area contributed by atoms with Crippen LogP contribution in [-0.2, 0) is 9.59 Å². The van der Waals surface area contributed by atoms with Gasteiger partial charge in [-0.2, -0.15) is 0 Å². The van der Waals surface area contributed by atoms with E-state index in [1.54, 1.807) is 6.92 Å². The Morgan fingerprint density at radius 1 is 1.04 bits per heavy atom. The molecule has 2 amide bonds. The topological polar surface area (TPSA) is 84.0 Å². The van der Waals surface area contributed by atoms with Gasteiger partial charge in [0.2, 0.25) is 16.9 Å². The fourth-order valence-corrected chi connectivity index (χ4v) is 3.38. The van der Waals surface area contributed by atoms with Crippen LogP contribution in [0.1, 0.15) is 58.8 Å². The van der Waals surface area contributed by atoms with Gasteiger partial charge in [-0.1, -0.05) is 80.7 Å². The number of carbonyl (C=O) groups is 2. The third-order valence-corrected chi connectivity index (χ3v) is 5.09. The van der Waals surface area contributed by atoms with E-state index in [-0.39, 0.29) is 11.8 Å². The van der Waals surface area contributed by atoms with E-state index in [1.807, 2.05) is 30.3 Å². The Labute approximate surface area is 164 Å². The number of benzene rings is 1. The minimum atomic E-state index is -0.610. The third-order valence-electron chi connectivity index (χ3n) is 4.20. The van der Waals surface area contributed by atoms with E-state index < -0.39 is 6.04 Å². The Morgan fingerprint density at radius 2 is 1.74 bits per heavy atom. The molecule has 0 saturated heterocycles. The van der Waals surface area contributed by atoms with Gasteiger partial charge in [-0.25, -0.2) is 0 Å². The summed E-state index contributed by atoms with van der Waals surface area (Å²) in [6, 6.07) is 9.06. The van der Waals surface area contributed by atoms with Crippen molar-refractivity contribution >= 4 is 28.3 Å². The molecule has 0 spiro atoms. The molecule has 1 unspecified atom stereocenters. The molecule has 1 atom stereocenters. The molecule has 7 heteroatoms. The molecular weight excluding hydrogens is 360 g/mol. The first kappa shape index (κ1) is 21.0. The van der Waals surface area contributed by atoms with Crippen molar-refractivity contribution in [3.8, 4) is 10.6 Å². The molecule has 2 rings (SSSR count). The van der Waals surface area contributed by atoms with Crippen LogP contribution in [-0.4, -0.2) is 28.1 Å². The monoisotopic (exact) mass is 388 g/mol. The van der Waals surface area contributed by atoms with E-state index in [9.17, 15) is 9.59 Å². The lowest BCUT2D eigenvalue weighted by atomic mass is 10.1. The first-order chi connectivity index (χ1) is 13.1. The lowest BCUT2D eigenvalue weighted by Crippen LogP contribution is -2.41. The SMILES string of the molecule is CCCCCCCCC(=O)NC(C)C(=O)Nc1nnc(-c2ccccc2)s1. The average Bonchev–Trinajstić information content (AvgIpc) is 3.13. The summed E-state index contributed by atoms with van der Waals surface area (Å²) < 4.78 is 0. The predicted molar refractivity (Wildman–Crippen MR) is 110 cm³/mol. The first-order valence-electron chi connectivity index (χ1n) is 9.59. The lowest BCUT2D eigenvalue weighted by molar-refractivity contribution is -0.126. The quantitative estimate of drug-likeness (QED) is 0.559. The van der Waals surface area contributed by atoms with Crippen molar-refractivity contribution in [3.05, 3.63) is 30.3 Å². The summed E-state index contributed by atoms with van der Waals surface area (Å²) in [7, 11) is 0. The zero-order chi connectivity index (χ0) is 19.5. The van der Waals surface area contributed by atoms with Gasteiger partial charge in [0.1, 0.15) is 11.0 Å². The zero-order valence-corrected chi connectivity index (χ0v) is 16.8. The molecule has 0 saturated carbocycles. The normalized spacial score (nSPS) is 11.8. The van der Waals surface area contributed by atoms with Crippen LogP contribution in [0.15, 0.2) is 30.3 Å². The van der Waals surface area contributed by atoms with E-state index in [0.717, 1.165) is 29.8 Å². The van der Waals surface area contributed by atoms with Gasteiger partial charge in [-0.15, -0.1) is 10.2 Å². The van der Waals surface area contributed by atoms with Gasteiger partial charge >= 0.3 is 0 Å². The van der Waals surface area contributed by atoms with E-state index in [2.05, 4.69) is 27.8 Å². The second-order valence-electron chi connectivity index (χ2n) is 6.57. The Balaban J connectivity index is 1.72. The van der Waals surface area contributed by atoms with E-state index >= 15 is 0 Å². The first-order valence-corrected chi connectivity index (χ1v) is 10.4. The molecule has 0 aliphatic carbocycles. The van der Waals surface area contributed by atoms with Crippen molar-refractivity contribution in [2.75, 3.05) is 5.32 Å². The number of hydrogen-bond acceptors (Lipinski definition) is 5. The molecule has 0 aliphatic rings. The average molecular weight is 389 g/mol. The number of nitrogens with zero attached hydrogens (tertiary/aromatic N) is 2. The van der Waals surface area contributed by atoms with Gasteiger partial charge in [-0.3, -0.25) is 14.9 Å². The molecule has 0 aliphatic heterocycles. The molecule has 0 bridgehead atoms. The van der Waals surface area contributed by atoms with Gasteiger partial charge in [0.15, 0.2) is 0 Å². The number of anilines is 1. The molecule has 2 N–H and O–H groups in total. The maximum Gasteiger partial charge on any atom is 0.248 e. The van der Waals surface area contributed by atoms with Crippen LogP contribution in [0.2, 0.25) is 0 Å². The summed E-state index contributed by atoms with van der Waals surface area (Å²) in [5, 5.41) is 14.7. The Hall–Kier alpha value is -2.28. The summed E-state index contributed by atoms with van der Waals surface area (Å²) >= 11 is 1.31. The maximum atomic E-state index is 12.3. The predicted octanol–water partition coefficient (Wildman–Crippen LogP) is 4.40. The van der Waals surface area contributed by atoms with Gasteiger partial charge in [0.25, 0.3) is 0 Å². The minimum absolute atomic E-state index is 0.0876. The molecule has 2 aromatic rings. The van der Waals surface area contributed by atoms with Crippen LogP contribution in [0.25, 0.3) is 10.6 Å². The van der Waals surface area contributed by atoms with Crippen molar-refractivity contribution < 1.29 is 9.59 Å². The second kappa shape index (κ2) is 11.4. The summed E-state index contributed by atoms with van der Waals surface area (Å²) in [6.07, 6.45) is 7.24. The van der Waals surface area contributed by atoms with Crippen LogP contribution in [0.3, 0.4) is 0 Å². The number of carbonyl (C=O) groups excluding carboxylic acids is 2. The highest BCUT2D eigenvalue weighted by Gasteiger charge is 2.17. The van der Waals surface area contributed by atoms with Crippen molar-refractivity contribution in [3.63, 3.8) is 0 Å². The Bertz CT molecular complexity index is 718. The van der Waals surface area contributed by atoms with Gasteiger partial charge in [0, 0.05) is 12.0 Å². The van der Waals surface area contributed by atoms with Crippen LogP contribution in [0.4, 0.5) is 5.13 Å². The van der Waals surface area contributed by atoms with Crippen molar-refractivity contribution in [2.45, 2.75) is 64.8 Å². The van der Waals surface area contributed by atoms with E-state index in [4.69, 9.17) is 0 Å². The van der Waals surface area contributed by atoms with E-state index in [0.29, 0.717) is 11.6 Å². The third kappa shape index (κ3) is 7.46. The molecule has 1 aromatic carbocycles. The fourth-order valence-electron chi connectivity index (χ4n) is 2.63. The van der Waals surface area contributed by atoms with Gasteiger partial charge < -0.3 is 5.32 Å². The summed E-state index contributed by atoms with van der Waals surface area (Å²) in [6.45, 7) is 3.86. The number of rotatable bonds is 11. The van der Waals surface area contributed by atoms with Crippen LogP contribution in [0.5, 0.6) is 0 Å². The highest BCUT2D eigenvalue weighted by molar-refractivity contribution is 7.18. The summed E-state index contributed by atoms with van der Waals surface area (Å²) in [5.41, 5.74) is 0.954. The molecule has 0 fully saturated rings. The minimum Gasteiger partial charge on any atom is -0.345 e. The van der Waals surface area contributed by atoms with Gasteiger partial charge in [0.05, 0.1) is 0 Å². The molecule has 6 nitrogen and oxygen atoms in total. The standard InChI is InChI=1S/C20H28N4O2S/c1-3-4-5-6-7-11-14-17(25)21-15(2)18(26)22-20-24-23-19(27-20)16-12-9-8-10-13-16/h8-10,12-13,15H,3-7,11,14H2,1-2H3,(H,21,25)(H,22,24,26). The number of amides is 2. The van der Waals surface area contributed by atoms with Crippen molar-refractivity contribution in [2.24, 2.45) is 0 Å². The fraction of sp³-hybridized carbons (Fsp3) is 0.500. The Kier molecular flexibility index (Phi) is 8.91. The van der Waals surface area contributed by atoms with E-state index in [1.165, 1.54) is 30.6 Å². The van der Waals surface area contributed by atoms with Crippen LogP contribution < -0.4 is 10.6 Å². The lowest BCUT2D eigenvalue weighted by Gasteiger charge is -2.12. The number of aromatic nitrogens is 2. The number of hydrogen-bond donors (Lipinski definition) is 2. The maximum absolute atomic E-state index is 12.3. The molecular formula is C20H28N4O2S. The summed E-state index contributed by atoms with van der Waals surface area (Å²) in [5.74, 6) is -0.377. The molecule has 1 heterocycles. The van der Waals surface area contributed by atoms with Crippen molar-refractivity contribution in [1.29, 1.82) is 0 Å². The highest BCUT2D eigenvalue weighted by atomic mass is 32.1. The largest absolute Gasteiger partial charge is 0.345 e. The zero-order valence-electron chi connectivity index (χ0n) is 16.0. The Morgan fingerprint density at radius 3 is 2.48 bits per heavy atom. The number of unbranched alkanes of at least 4 members (excludes halogenated alkanes) is 5. The van der Waals surface area contributed by atoms with Crippen molar-refractivity contribution in [1.82, 2.24) is 15.5 Å². The smallest absolute Gasteiger partial charge is 0.248 e. The van der Waals surface area contributed by atoms with Crippen LogP contribution >= 0.6 is 11.3 Å². The summed E-state index contributed by atoms with van der Waals surface area (Å²) in [4.78, 5) is 24.2. The molecule has 27 heavy (non-hydrogen) atoms.